The smallest absolute Gasteiger partial charge is 0.252 e. The van der Waals surface area contributed by atoms with Gasteiger partial charge in [0.15, 0.2) is 0 Å². The van der Waals surface area contributed by atoms with Gasteiger partial charge in [0, 0.05) is 29.9 Å². The SMILES string of the molecule is Cc1[nH]ncc1CN(C)Cc1cc2cccc(C)c2[nH]c1=O. The van der Waals surface area contributed by atoms with Gasteiger partial charge in [-0.25, -0.2) is 0 Å². The molecular formula is C17H20N4O. The number of H-pyrrole nitrogens is 2. The average molecular weight is 296 g/mol. The van der Waals surface area contributed by atoms with Crippen molar-refractivity contribution in [2.45, 2.75) is 26.9 Å². The van der Waals surface area contributed by atoms with Crippen LogP contribution in [0.5, 0.6) is 0 Å². The van der Waals surface area contributed by atoms with E-state index in [0.717, 1.165) is 39.8 Å². The first-order valence-electron chi connectivity index (χ1n) is 7.33. The number of hydrogen-bond donors (Lipinski definition) is 2. The van der Waals surface area contributed by atoms with Gasteiger partial charge in [-0.15, -0.1) is 0 Å². The third-order valence-electron chi connectivity index (χ3n) is 3.98. The summed E-state index contributed by atoms with van der Waals surface area (Å²) in [5, 5.41) is 8.04. The average Bonchev–Trinajstić information content (AvgIpc) is 2.86. The second-order valence-corrected chi connectivity index (χ2v) is 5.86. The summed E-state index contributed by atoms with van der Waals surface area (Å²) in [6, 6.07) is 8.03. The summed E-state index contributed by atoms with van der Waals surface area (Å²) in [5.74, 6) is 0. The zero-order valence-corrected chi connectivity index (χ0v) is 13.1. The van der Waals surface area contributed by atoms with E-state index >= 15 is 0 Å². The minimum atomic E-state index is -0.0161. The van der Waals surface area contributed by atoms with E-state index in [1.165, 1.54) is 0 Å². The van der Waals surface area contributed by atoms with Gasteiger partial charge in [0.05, 0.1) is 11.7 Å². The maximum absolute atomic E-state index is 12.3. The summed E-state index contributed by atoms with van der Waals surface area (Å²) in [6.45, 7) is 5.37. The van der Waals surface area contributed by atoms with Gasteiger partial charge in [0.1, 0.15) is 0 Å². The molecule has 2 N–H and O–H groups in total. The summed E-state index contributed by atoms with van der Waals surface area (Å²) in [7, 11) is 2.01. The molecule has 0 aliphatic heterocycles. The molecule has 0 aliphatic carbocycles. The van der Waals surface area contributed by atoms with E-state index in [1.807, 2.05) is 51.4 Å². The molecule has 114 valence electrons. The number of nitrogens with zero attached hydrogens (tertiary/aromatic N) is 2. The Kier molecular flexibility index (Phi) is 3.81. The summed E-state index contributed by atoms with van der Waals surface area (Å²) < 4.78 is 0. The van der Waals surface area contributed by atoms with Crippen molar-refractivity contribution in [3.05, 3.63) is 63.2 Å². The van der Waals surface area contributed by atoms with E-state index in [2.05, 4.69) is 20.1 Å². The third kappa shape index (κ3) is 2.80. The molecule has 0 spiro atoms. The number of aromatic nitrogens is 3. The molecule has 3 aromatic rings. The molecule has 0 saturated heterocycles. The molecule has 0 amide bonds. The molecule has 22 heavy (non-hydrogen) atoms. The Labute approximate surface area is 129 Å². The quantitative estimate of drug-likeness (QED) is 0.777. The van der Waals surface area contributed by atoms with Crippen LogP contribution >= 0.6 is 0 Å². The molecule has 5 heteroatoms. The second kappa shape index (κ2) is 5.77. The highest BCUT2D eigenvalue weighted by atomic mass is 16.1. The van der Waals surface area contributed by atoms with Crippen molar-refractivity contribution >= 4 is 10.9 Å². The van der Waals surface area contributed by atoms with Gasteiger partial charge in [0.2, 0.25) is 0 Å². The number of pyridine rings is 1. The van der Waals surface area contributed by atoms with Crippen molar-refractivity contribution in [3.63, 3.8) is 0 Å². The summed E-state index contributed by atoms with van der Waals surface area (Å²) >= 11 is 0. The lowest BCUT2D eigenvalue weighted by Gasteiger charge is -2.16. The summed E-state index contributed by atoms with van der Waals surface area (Å²) in [5.41, 5.74) is 4.98. The first kappa shape index (κ1) is 14.5. The van der Waals surface area contributed by atoms with E-state index in [1.54, 1.807) is 0 Å². The van der Waals surface area contributed by atoms with Crippen LogP contribution < -0.4 is 5.56 Å². The zero-order valence-electron chi connectivity index (χ0n) is 13.1. The molecule has 5 nitrogen and oxygen atoms in total. The maximum Gasteiger partial charge on any atom is 0.252 e. The second-order valence-electron chi connectivity index (χ2n) is 5.86. The lowest BCUT2D eigenvalue weighted by Crippen LogP contribution is -2.23. The number of hydrogen-bond acceptors (Lipinski definition) is 3. The van der Waals surface area contributed by atoms with Crippen LogP contribution in [0.15, 0.2) is 35.3 Å². The highest BCUT2D eigenvalue weighted by Crippen LogP contribution is 2.16. The van der Waals surface area contributed by atoms with Gasteiger partial charge in [-0.05, 0) is 37.9 Å². The normalized spacial score (nSPS) is 11.5. The van der Waals surface area contributed by atoms with E-state index in [-0.39, 0.29) is 5.56 Å². The molecule has 0 bridgehead atoms. The van der Waals surface area contributed by atoms with Gasteiger partial charge >= 0.3 is 0 Å². The molecule has 0 radical (unpaired) electrons. The zero-order chi connectivity index (χ0) is 15.7. The fraction of sp³-hybridized carbons (Fsp3) is 0.294. The highest BCUT2D eigenvalue weighted by Gasteiger charge is 2.09. The first-order chi connectivity index (χ1) is 10.5. The topological polar surface area (TPSA) is 64.8 Å². The van der Waals surface area contributed by atoms with Crippen LogP contribution in [0.4, 0.5) is 0 Å². The van der Waals surface area contributed by atoms with Crippen molar-refractivity contribution in [1.29, 1.82) is 0 Å². The fourth-order valence-corrected chi connectivity index (χ4v) is 2.72. The van der Waals surface area contributed by atoms with E-state index < -0.39 is 0 Å². The van der Waals surface area contributed by atoms with Gasteiger partial charge in [-0.1, -0.05) is 18.2 Å². The van der Waals surface area contributed by atoms with Gasteiger partial charge < -0.3 is 4.98 Å². The van der Waals surface area contributed by atoms with E-state index in [0.29, 0.717) is 6.54 Å². The van der Waals surface area contributed by atoms with Crippen molar-refractivity contribution < 1.29 is 0 Å². The number of aryl methyl sites for hydroxylation is 2. The standard InChI is InChI=1S/C17H20N4O/c1-11-5-4-6-13-7-14(17(22)19-16(11)13)9-21(3)10-15-8-18-20-12(15)2/h4-8H,9-10H2,1-3H3,(H,18,20)(H,19,22). The minimum Gasteiger partial charge on any atom is -0.321 e. The van der Waals surface area contributed by atoms with Gasteiger partial charge in [0.25, 0.3) is 5.56 Å². The molecule has 0 unspecified atom stereocenters. The number of benzene rings is 1. The lowest BCUT2D eigenvalue weighted by molar-refractivity contribution is 0.317. The largest absolute Gasteiger partial charge is 0.321 e. The molecular weight excluding hydrogens is 276 g/mol. The van der Waals surface area contributed by atoms with Crippen LogP contribution in [0.25, 0.3) is 10.9 Å². The summed E-state index contributed by atoms with van der Waals surface area (Å²) in [6.07, 6.45) is 1.83. The molecule has 1 aromatic carbocycles. The molecule has 0 atom stereocenters. The van der Waals surface area contributed by atoms with Crippen LogP contribution in [0.2, 0.25) is 0 Å². The van der Waals surface area contributed by atoms with Crippen LogP contribution in [0.1, 0.15) is 22.4 Å². The minimum absolute atomic E-state index is 0.0161. The van der Waals surface area contributed by atoms with Crippen LogP contribution in [0, 0.1) is 13.8 Å². The Morgan fingerprint density at radius 2 is 1.95 bits per heavy atom. The third-order valence-corrected chi connectivity index (χ3v) is 3.98. The number of rotatable bonds is 4. The predicted molar refractivity (Wildman–Crippen MR) is 87.8 cm³/mol. The summed E-state index contributed by atoms with van der Waals surface area (Å²) in [4.78, 5) is 17.4. The molecule has 0 aliphatic rings. The van der Waals surface area contributed by atoms with E-state index in [4.69, 9.17) is 0 Å². The Hall–Kier alpha value is -2.40. The molecule has 3 rings (SSSR count). The van der Waals surface area contributed by atoms with Crippen molar-refractivity contribution in [2.24, 2.45) is 0 Å². The van der Waals surface area contributed by atoms with E-state index in [9.17, 15) is 4.79 Å². The monoisotopic (exact) mass is 296 g/mol. The molecule has 0 fully saturated rings. The van der Waals surface area contributed by atoms with Crippen LogP contribution in [-0.2, 0) is 13.1 Å². The van der Waals surface area contributed by atoms with Gasteiger partial charge in [-0.3, -0.25) is 14.8 Å². The number of aromatic amines is 2. The Morgan fingerprint density at radius 3 is 2.68 bits per heavy atom. The Bertz CT molecular complexity index is 862. The predicted octanol–water partition coefficient (Wildman–Crippen LogP) is 2.50. The van der Waals surface area contributed by atoms with Gasteiger partial charge in [-0.2, -0.15) is 5.10 Å². The number of para-hydroxylation sites is 1. The first-order valence-corrected chi connectivity index (χ1v) is 7.33. The highest BCUT2D eigenvalue weighted by molar-refractivity contribution is 5.81. The Balaban J connectivity index is 1.86. The Morgan fingerprint density at radius 1 is 1.18 bits per heavy atom. The molecule has 0 saturated carbocycles. The van der Waals surface area contributed by atoms with Crippen molar-refractivity contribution in [1.82, 2.24) is 20.1 Å². The number of fused-ring (bicyclic) bond motifs is 1. The van der Waals surface area contributed by atoms with Crippen molar-refractivity contribution in [3.8, 4) is 0 Å². The molecule has 2 heterocycles. The molecule has 2 aromatic heterocycles. The maximum atomic E-state index is 12.3. The lowest BCUT2D eigenvalue weighted by atomic mass is 10.1. The number of nitrogens with one attached hydrogen (secondary N) is 2. The van der Waals surface area contributed by atoms with Crippen LogP contribution in [-0.4, -0.2) is 27.1 Å². The van der Waals surface area contributed by atoms with Crippen LogP contribution in [0.3, 0.4) is 0 Å². The fourth-order valence-electron chi connectivity index (χ4n) is 2.72. The van der Waals surface area contributed by atoms with Crippen molar-refractivity contribution in [2.75, 3.05) is 7.05 Å².